The van der Waals surface area contributed by atoms with Gasteiger partial charge in [0.1, 0.15) is 23.9 Å². The van der Waals surface area contributed by atoms with E-state index in [0.717, 1.165) is 16.9 Å². The Morgan fingerprint density at radius 1 is 0.931 bits per heavy atom. The Hall–Kier alpha value is -3.27. The molecule has 0 aliphatic rings. The first-order valence-electron chi connectivity index (χ1n) is 9.72. The monoisotopic (exact) mass is 392 g/mol. The third kappa shape index (κ3) is 6.39. The van der Waals surface area contributed by atoms with Crippen LogP contribution in [0.5, 0.6) is 17.2 Å². The van der Waals surface area contributed by atoms with E-state index in [4.69, 9.17) is 14.2 Å². The summed E-state index contributed by atoms with van der Waals surface area (Å²) in [6, 6.07) is 10.8. The predicted molar refractivity (Wildman–Crippen MR) is 118 cm³/mol. The number of allylic oxidation sites excluding steroid dienone is 2. The number of hydrogen-bond donors (Lipinski definition) is 0. The van der Waals surface area contributed by atoms with Gasteiger partial charge in [0.05, 0.1) is 13.2 Å². The topological polar surface area (TPSA) is 44.8 Å². The molecule has 2 aromatic carbocycles. The Balaban J connectivity index is 2.29. The van der Waals surface area contributed by atoms with E-state index in [1.807, 2.05) is 32.1 Å². The van der Waals surface area contributed by atoms with Gasteiger partial charge in [-0.05, 0) is 62.2 Å². The summed E-state index contributed by atoms with van der Waals surface area (Å²) < 4.78 is 16.9. The molecule has 0 aliphatic carbocycles. The molecule has 0 aromatic heterocycles. The maximum Gasteiger partial charge on any atom is 0.185 e. The van der Waals surface area contributed by atoms with Gasteiger partial charge in [0, 0.05) is 17.2 Å². The summed E-state index contributed by atoms with van der Waals surface area (Å²) in [5.41, 5.74) is 2.43. The first-order valence-corrected chi connectivity index (χ1v) is 9.72. The normalized spacial score (nSPS) is 10.6. The number of ketones is 1. The molecule has 0 radical (unpaired) electrons. The van der Waals surface area contributed by atoms with Crippen molar-refractivity contribution in [3.8, 4) is 17.2 Å². The minimum atomic E-state index is -0.0930. The molecule has 0 atom stereocenters. The van der Waals surface area contributed by atoms with Gasteiger partial charge < -0.3 is 14.2 Å². The molecule has 0 saturated carbocycles. The average Bonchev–Trinajstić information content (AvgIpc) is 2.73. The molecule has 0 bridgehead atoms. The number of rotatable bonds is 12. The van der Waals surface area contributed by atoms with Gasteiger partial charge in [0.25, 0.3) is 0 Å². The standard InChI is InChI=1S/C25H28O4/c1-5-9-23-20(17-22(27-7-3)18-25(23)28-8-4)12-15-24(26)19-10-13-21(14-11-19)29-16-6-2/h5-6,10-15,17-18H,1-2,7-9,16H2,3-4H3/b15-12+. The van der Waals surface area contributed by atoms with E-state index < -0.39 is 0 Å². The Bertz CT molecular complexity index is 863. The number of ether oxygens (including phenoxy) is 3. The highest BCUT2D eigenvalue weighted by atomic mass is 16.5. The summed E-state index contributed by atoms with van der Waals surface area (Å²) in [6.07, 6.45) is 7.49. The number of carbonyl (C=O) groups is 1. The first-order chi connectivity index (χ1) is 14.1. The van der Waals surface area contributed by atoms with Crippen molar-refractivity contribution < 1.29 is 19.0 Å². The molecule has 0 spiro atoms. The summed E-state index contributed by atoms with van der Waals surface area (Å²) >= 11 is 0. The second-order valence-electron chi connectivity index (χ2n) is 6.17. The first kappa shape index (κ1) is 22.0. The molecule has 29 heavy (non-hydrogen) atoms. The van der Waals surface area contributed by atoms with Crippen LogP contribution < -0.4 is 14.2 Å². The zero-order valence-electron chi connectivity index (χ0n) is 17.1. The van der Waals surface area contributed by atoms with Crippen molar-refractivity contribution in [1.29, 1.82) is 0 Å². The van der Waals surface area contributed by atoms with E-state index in [0.29, 0.717) is 43.3 Å². The fourth-order valence-electron chi connectivity index (χ4n) is 2.82. The molecule has 0 aliphatic heterocycles. The summed E-state index contributed by atoms with van der Waals surface area (Å²) in [7, 11) is 0. The molecule has 0 unspecified atom stereocenters. The van der Waals surface area contributed by atoms with Crippen LogP contribution in [0.25, 0.3) is 6.08 Å². The molecular formula is C25H28O4. The fourth-order valence-corrected chi connectivity index (χ4v) is 2.82. The highest BCUT2D eigenvalue weighted by Gasteiger charge is 2.11. The van der Waals surface area contributed by atoms with Gasteiger partial charge in [-0.15, -0.1) is 6.58 Å². The molecule has 0 amide bonds. The lowest BCUT2D eigenvalue weighted by Gasteiger charge is -2.15. The number of hydrogen-bond acceptors (Lipinski definition) is 4. The van der Waals surface area contributed by atoms with E-state index in [1.165, 1.54) is 0 Å². The van der Waals surface area contributed by atoms with Crippen LogP contribution in [-0.2, 0) is 6.42 Å². The van der Waals surface area contributed by atoms with E-state index >= 15 is 0 Å². The summed E-state index contributed by atoms with van der Waals surface area (Å²) in [5.74, 6) is 2.06. The smallest absolute Gasteiger partial charge is 0.185 e. The predicted octanol–water partition coefficient (Wildman–Crippen LogP) is 5.67. The van der Waals surface area contributed by atoms with Crippen molar-refractivity contribution in [3.63, 3.8) is 0 Å². The summed E-state index contributed by atoms with van der Waals surface area (Å²) in [6.45, 7) is 12.8. The van der Waals surface area contributed by atoms with Gasteiger partial charge >= 0.3 is 0 Å². The largest absolute Gasteiger partial charge is 0.494 e. The van der Waals surface area contributed by atoms with Gasteiger partial charge in [0.2, 0.25) is 0 Å². The van der Waals surface area contributed by atoms with Crippen LogP contribution in [0.1, 0.15) is 35.3 Å². The zero-order chi connectivity index (χ0) is 21.1. The van der Waals surface area contributed by atoms with Gasteiger partial charge in [-0.25, -0.2) is 0 Å². The van der Waals surface area contributed by atoms with Crippen LogP contribution in [0.4, 0.5) is 0 Å². The highest BCUT2D eigenvalue weighted by Crippen LogP contribution is 2.31. The average molecular weight is 392 g/mol. The maximum absolute atomic E-state index is 12.6. The van der Waals surface area contributed by atoms with Crippen molar-refractivity contribution >= 4 is 11.9 Å². The van der Waals surface area contributed by atoms with Crippen LogP contribution >= 0.6 is 0 Å². The third-order valence-electron chi connectivity index (χ3n) is 4.10. The van der Waals surface area contributed by atoms with Crippen LogP contribution in [0, 0.1) is 0 Å². The van der Waals surface area contributed by atoms with E-state index in [-0.39, 0.29) is 5.78 Å². The highest BCUT2D eigenvalue weighted by molar-refractivity contribution is 6.07. The van der Waals surface area contributed by atoms with Crippen molar-refractivity contribution in [2.75, 3.05) is 19.8 Å². The van der Waals surface area contributed by atoms with Crippen LogP contribution in [-0.4, -0.2) is 25.6 Å². The van der Waals surface area contributed by atoms with Crippen LogP contribution in [0.2, 0.25) is 0 Å². The van der Waals surface area contributed by atoms with E-state index in [2.05, 4.69) is 13.2 Å². The second kappa shape index (κ2) is 11.5. The molecule has 4 nitrogen and oxygen atoms in total. The Morgan fingerprint density at radius 3 is 2.28 bits per heavy atom. The van der Waals surface area contributed by atoms with Crippen molar-refractivity contribution in [1.82, 2.24) is 0 Å². The molecular weight excluding hydrogens is 364 g/mol. The van der Waals surface area contributed by atoms with Gasteiger partial charge in [0.15, 0.2) is 5.78 Å². The van der Waals surface area contributed by atoms with Crippen molar-refractivity contribution in [2.45, 2.75) is 20.3 Å². The van der Waals surface area contributed by atoms with E-state index in [1.54, 1.807) is 42.5 Å². The van der Waals surface area contributed by atoms with Gasteiger partial charge in [-0.2, -0.15) is 0 Å². The van der Waals surface area contributed by atoms with Crippen molar-refractivity contribution in [2.24, 2.45) is 0 Å². The Kier molecular flexibility index (Phi) is 8.77. The molecule has 2 aromatic rings. The number of carbonyl (C=O) groups excluding carboxylic acids is 1. The molecule has 4 heteroatoms. The summed E-state index contributed by atoms with van der Waals surface area (Å²) in [4.78, 5) is 12.6. The fraction of sp³-hybridized carbons (Fsp3) is 0.240. The molecule has 0 saturated heterocycles. The lowest BCUT2D eigenvalue weighted by atomic mass is 10.0. The number of benzene rings is 2. The molecule has 0 fully saturated rings. The lowest BCUT2D eigenvalue weighted by Crippen LogP contribution is -2.01. The van der Waals surface area contributed by atoms with Crippen molar-refractivity contribution in [3.05, 3.63) is 84.5 Å². The molecule has 2 rings (SSSR count). The van der Waals surface area contributed by atoms with Gasteiger partial charge in [-0.1, -0.05) is 24.8 Å². The zero-order valence-corrected chi connectivity index (χ0v) is 17.1. The van der Waals surface area contributed by atoms with Crippen LogP contribution in [0.15, 0.2) is 67.8 Å². The minimum absolute atomic E-state index is 0.0930. The quantitative estimate of drug-likeness (QED) is 0.265. The van der Waals surface area contributed by atoms with E-state index in [9.17, 15) is 4.79 Å². The molecule has 0 heterocycles. The van der Waals surface area contributed by atoms with Crippen LogP contribution in [0.3, 0.4) is 0 Å². The SMILES string of the molecule is C=CCOc1ccc(C(=O)/C=C/c2cc(OCC)cc(OCC)c2CC=C)cc1. The molecule has 152 valence electrons. The van der Waals surface area contributed by atoms with Gasteiger partial charge in [-0.3, -0.25) is 4.79 Å². The Morgan fingerprint density at radius 2 is 1.66 bits per heavy atom. The lowest BCUT2D eigenvalue weighted by molar-refractivity contribution is 0.104. The molecule has 0 N–H and O–H groups in total. The third-order valence-corrected chi connectivity index (χ3v) is 4.10. The summed E-state index contributed by atoms with van der Waals surface area (Å²) in [5, 5.41) is 0. The second-order valence-corrected chi connectivity index (χ2v) is 6.17. The minimum Gasteiger partial charge on any atom is -0.494 e. The Labute approximate surface area is 173 Å². The maximum atomic E-state index is 12.6.